The summed E-state index contributed by atoms with van der Waals surface area (Å²) in [4.78, 5) is 19.6. The topological polar surface area (TPSA) is 35.6 Å². The predicted octanol–water partition coefficient (Wildman–Crippen LogP) is 4.91. The summed E-state index contributed by atoms with van der Waals surface area (Å²) in [7, 11) is 0. The Morgan fingerprint density at radius 3 is 2.35 bits per heavy atom. The molecule has 2 amide bonds. The van der Waals surface area contributed by atoms with Crippen molar-refractivity contribution in [2.75, 3.05) is 24.5 Å². The van der Waals surface area contributed by atoms with Crippen molar-refractivity contribution < 1.29 is 4.79 Å². The number of urea groups is 1. The summed E-state index contributed by atoms with van der Waals surface area (Å²) in [5.74, 6) is 0. The molecule has 2 aliphatic heterocycles. The van der Waals surface area contributed by atoms with Crippen LogP contribution in [0, 0.1) is 0 Å². The number of nitrogens with zero attached hydrogens (tertiary/aromatic N) is 2. The summed E-state index contributed by atoms with van der Waals surface area (Å²) in [6.45, 7) is 5.09. The van der Waals surface area contributed by atoms with Crippen molar-refractivity contribution in [2.45, 2.75) is 35.6 Å². The number of amides is 2. The van der Waals surface area contributed by atoms with Gasteiger partial charge in [0.1, 0.15) is 0 Å². The van der Waals surface area contributed by atoms with E-state index in [9.17, 15) is 4.79 Å². The molecule has 138 valence electrons. The molecule has 2 heterocycles. The molecule has 2 aromatic rings. The molecule has 2 aromatic carbocycles. The van der Waals surface area contributed by atoms with Crippen LogP contribution in [0.2, 0.25) is 0 Å². The molecular formula is C20H24ClN3OS. The zero-order valence-corrected chi connectivity index (χ0v) is 16.5. The number of fused-ring (bicyclic) bond motifs is 2. The normalized spacial score (nSPS) is 18.7. The van der Waals surface area contributed by atoms with Gasteiger partial charge >= 0.3 is 6.03 Å². The van der Waals surface area contributed by atoms with E-state index in [2.05, 4.69) is 29.3 Å². The van der Waals surface area contributed by atoms with E-state index in [1.54, 1.807) is 11.8 Å². The van der Waals surface area contributed by atoms with Gasteiger partial charge in [-0.05, 0) is 50.2 Å². The summed E-state index contributed by atoms with van der Waals surface area (Å²) >= 11 is 1.72. The van der Waals surface area contributed by atoms with Gasteiger partial charge in [-0.15, -0.1) is 12.4 Å². The fourth-order valence-corrected chi connectivity index (χ4v) is 4.81. The molecular weight excluding hydrogens is 366 g/mol. The summed E-state index contributed by atoms with van der Waals surface area (Å²) in [5.41, 5.74) is 1.92. The number of anilines is 2. The van der Waals surface area contributed by atoms with Crippen LogP contribution in [0.5, 0.6) is 0 Å². The Kier molecular flexibility index (Phi) is 6.12. The van der Waals surface area contributed by atoms with Crippen molar-refractivity contribution in [3.05, 3.63) is 48.5 Å². The third-order valence-corrected chi connectivity index (χ3v) is 6.16. The largest absolute Gasteiger partial charge is 0.336 e. The van der Waals surface area contributed by atoms with Gasteiger partial charge in [-0.25, -0.2) is 4.79 Å². The maximum atomic E-state index is 13.1. The van der Waals surface area contributed by atoms with E-state index >= 15 is 0 Å². The third-order valence-electron chi connectivity index (χ3n) is 5.03. The van der Waals surface area contributed by atoms with Gasteiger partial charge in [0.25, 0.3) is 0 Å². The van der Waals surface area contributed by atoms with Crippen molar-refractivity contribution in [3.63, 3.8) is 0 Å². The SMILES string of the molecule is CCN1CCCC1CNC(=O)N1c2ccccc2Sc2ccccc21.Cl. The lowest BCUT2D eigenvalue weighted by molar-refractivity contribution is 0.235. The summed E-state index contributed by atoms with van der Waals surface area (Å²) in [6, 6.07) is 16.6. The molecule has 26 heavy (non-hydrogen) atoms. The summed E-state index contributed by atoms with van der Waals surface area (Å²) < 4.78 is 0. The molecule has 1 unspecified atom stereocenters. The maximum Gasteiger partial charge on any atom is 0.326 e. The Balaban J connectivity index is 0.00000196. The minimum Gasteiger partial charge on any atom is -0.336 e. The first-order valence-corrected chi connectivity index (χ1v) is 9.77. The Morgan fingerprint density at radius 1 is 1.12 bits per heavy atom. The first-order valence-electron chi connectivity index (χ1n) is 8.96. The van der Waals surface area contributed by atoms with Crippen LogP contribution in [0.15, 0.2) is 58.3 Å². The standard InChI is InChI=1S/C20H23N3OS.ClH/c1-2-22-13-7-8-15(22)14-21-20(24)23-16-9-3-5-11-18(16)25-19-12-6-4-10-17(19)23;/h3-6,9-12,15H,2,7-8,13-14H2,1H3,(H,21,24);1H. The quantitative estimate of drug-likeness (QED) is 0.810. The molecule has 1 N–H and O–H groups in total. The fraction of sp³-hybridized carbons (Fsp3) is 0.350. The fourth-order valence-electron chi connectivity index (χ4n) is 3.75. The van der Waals surface area contributed by atoms with Crippen LogP contribution in [0.1, 0.15) is 19.8 Å². The van der Waals surface area contributed by atoms with Crippen molar-refractivity contribution in [1.82, 2.24) is 10.2 Å². The zero-order valence-electron chi connectivity index (χ0n) is 14.9. The van der Waals surface area contributed by atoms with Crippen LogP contribution in [0.3, 0.4) is 0 Å². The van der Waals surface area contributed by atoms with E-state index in [4.69, 9.17) is 0 Å². The minimum atomic E-state index is -0.0387. The molecule has 1 atom stereocenters. The van der Waals surface area contributed by atoms with Crippen molar-refractivity contribution in [1.29, 1.82) is 0 Å². The summed E-state index contributed by atoms with van der Waals surface area (Å²) in [6.07, 6.45) is 2.39. The Hall–Kier alpha value is -1.69. The van der Waals surface area contributed by atoms with Crippen LogP contribution in [-0.2, 0) is 0 Å². The highest BCUT2D eigenvalue weighted by Gasteiger charge is 2.29. The molecule has 4 nitrogen and oxygen atoms in total. The number of hydrogen-bond acceptors (Lipinski definition) is 3. The molecule has 0 spiro atoms. The highest BCUT2D eigenvalue weighted by molar-refractivity contribution is 7.99. The molecule has 0 radical (unpaired) electrons. The minimum absolute atomic E-state index is 0. The molecule has 0 bridgehead atoms. The highest BCUT2D eigenvalue weighted by Crippen LogP contribution is 2.47. The summed E-state index contributed by atoms with van der Waals surface area (Å²) in [5, 5.41) is 3.18. The first kappa shape index (κ1) is 19.1. The second kappa shape index (κ2) is 8.33. The number of rotatable bonds is 3. The second-order valence-electron chi connectivity index (χ2n) is 6.48. The van der Waals surface area contributed by atoms with Crippen LogP contribution in [-0.4, -0.2) is 36.6 Å². The van der Waals surface area contributed by atoms with Crippen molar-refractivity contribution >= 4 is 41.6 Å². The van der Waals surface area contributed by atoms with E-state index in [1.165, 1.54) is 6.42 Å². The monoisotopic (exact) mass is 389 g/mol. The number of hydrogen-bond donors (Lipinski definition) is 1. The Labute approximate surface area is 165 Å². The van der Waals surface area contributed by atoms with Gasteiger partial charge in [0.05, 0.1) is 11.4 Å². The molecule has 0 aliphatic carbocycles. The number of benzene rings is 2. The van der Waals surface area contributed by atoms with Gasteiger partial charge in [0, 0.05) is 22.4 Å². The third kappa shape index (κ3) is 3.56. The molecule has 4 rings (SSSR count). The lowest BCUT2D eigenvalue weighted by Gasteiger charge is -2.32. The lowest BCUT2D eigenvalue weighted by atomic mass is 10.2. The molecule has 6 heteroatoms. The molecule has 2 aliphatic rings. The second-order valence-corrected chi connectivity index (χ2v) is 7.57. The number of nitrogens with one attached hydrogen (secondary N) is 1. The maximum absolute atomic E-state index is 13.1. The lowest BCUT2D eigenvalue weighted by Crippen LogP contribution is -2.45. The van der Waals surface area contributed by atoms with Gasteiger partial charge in [0.2, 0.25) is 0 Å². The molecule has 1 fully saturated rings. The number of carbonyl (C=O) groups excluding carboxylic acids is 1. The number of halogens is 1. The number of likely N-dealkylation sites (tertiary alicyclic amines) is 1. The van der Waals surface area contributed by atoms with Gasteiger partial charge in [-0.2, -0.15) is 0 Å². The number of carbonyl (C=O) groups is 1. The van der Waals surface area contributed by atoms with E-state index in [1.807, 2.05) is 41.3 Å². The zero-order chi connectivity index (χ0) is 17.2. The smallest absolute Gasteiger partial charge is 0.326 e. The van der Waals surface area contributed by atoms with Crippen LogP contribution >= 0.6 is 24.2 Å². The molecule has 1 saturated heterocycles. The average Bonchev–Trinajstić information content (AvgIpc) is 3.11. The average molecular weight is 390 g/mol. The Morgan fingerprint density at radius 2 is 1.73 bits per heavy atom. The highest BCUT2D eigenvalue weighted by atomic mass is 35.5. The number of likely N-dealkylation sites (N-methyl/N-ethyl adjacent to an activating group) is 1. The first-order chi connectivity index (χ1) is 12.3. The van der Waals surface area contributed by atoms with Gasteiger partial charge in [0.15, 0.2) is 0 Å². The molecule has 0 saturated carbocycles. The van der Waals surface area contributed by atoms with Crippen molar-refractivity contribution in [3.8, 4) is 0 Å². The molecule has 0 aromatic heterocycles. The van der Waals surface area contributed by atoms with E-state index < -0.39 is 0 Å². The Bertz CT molecular complexity index is 740. The van der Waals surface area contributed by atoms with Gasteiger partial charge < -0.3 is 5.32 Å². The van der Waals surface area contributed by atoms with Crippen LogP contribution < -0.4 is 10.2 Å². The van der Waals surface area contributed by atoms with Gasteiger partial charge in [-0.3, -0.25) is 9.80 Å². The number of para-hydroxylation sites is 2. The van der Waals surface area contributed by atoms with E-state index in [0.717, 1.165) is 40.7 Å². The van der Waals surface area contributed by atoms with Crippen molar-refractivity contribution in [2.24, 2.45) is 0 Å². The van der Waals surface area contributed by atoms with E-state index in [0.29, 0.717) is 12.6 Å². The predicted molar refractivity (Wildman–Crippen MR) is 110 cm³/mol. The van der Waals surface area contributed by atoms with E-state index in [-0.39, 0.29) is 18.4 Å². The van der Waals surface area contributed by atoms with Crippen LogP contribution in [0.25, 0.3) is 0 Å². The van der Waals surface area contributed by atoms with Crippen LogP contribution in [0.4, 0.5) is 16.2 Å². The van der Waals surface area contributed by atoms with Gasteiger partial charge in [-0.1, -0.05) is 43.0 Å².